The molecule has 0 unspecified atom stereocenters. The lowest BCUT2D eigenvalue weighted by Gasteiger charge is -2.27. The van der Waals surface area contributed by atoms with Crippen molar-refractivity contribution < 1.29 is 9.15 Å². The molecule has 0 saturated carbocycles. The Labute approximate surface area is 142 Å². The van der Waals surface area contributed by atoms with Crippen LogP contribution in [0.25, 0.3) is 0 Å². The van der Waals surface area contributed by atoms with Crippen LogP contribution in [-0.2, 0) is 11.3 Å². The quantitative estimate of drug-likeness (QED) is 0.830. The zero-order chi connectivity index (χ0) is 16.9. The Balaban J connectivity index is 1.71. The van der Waals surface area contributed by atoms with Gasteiger partial charge in [0.1, 0.15) is 18.0 Å². The topological polar surface area (TPSA) is 66.7 Å². The molecule has 3 heterocycles. The first-order chi connectivity index (χ1) is 11.7. The summed E-state index contributed by atoms with van der Waals surface area (Å²) in [6.07, 6.45) is 6.26. The van der Waals surface area contributed by atoms with Gasteiger partial charge in [0.15, 0.2) is 0 Å². The van der Waals surface area contributed by atoms with E-state index in [1.807, 2.05) is 12.1 Å². The van der Waals surface area contributed by atoms with E-state index in [0.717, 1.165) is 36.7 Å². The molecule has 0 aliphatic carbocycles. The highest BCUT2D eigenvalue weighted by Crippen LogP contribution is 2.27. The summed E-state index contributed by atoms with van der Waals surface area (Å²) in [7, 11) is 5.96. The molecule has 7 heteroatoms. The van der Waals surface area contributed by atoms with E-state index in [0.29, 0.717) is 12.6 Å². The number of hydrogen-bond acceptors (Lipinski definition) is 7. The Morgan fingerprint density at radius 1 is 1.42 bits per heavy atom. The second kappa shape index (κ2) is 7.63. The highest BCUT2D eigenvalue weighted by atomic mass is 16.5. The summed E-state index contributed by atoms with van der Waals surface area (Å²) in [6, 6.07) is 4.33. The zero-order valence-electron chi connectivity index (χ0n) is 14.5. The minimum Gasteiger partial charge on any atom is -0.472 e. The van der Waals surface area contributed by atoms with Crippen LogP contribution in [0.5, 0.6) is 0 Å². The normalized spacial score (nSPS) is 20.8. The molecule has 7 nitrogen and oxygen atoms in total. The fourth-order valence-electron chi connectivity index (χ4n) is 3.11. The number of nitrogens with one attached hydrogen (secondary N) is 1. The Morgan fingerprint density at radius 2 is 2.29 bits per heavy atom. The van der Waals surface area contributed by atoms with Gasteiger partial charge in [-0.2, -0.15) is 0 Å². The summed E-state index contributed by atoms with van der Waals surface area (Å²) >= 11 is 0. The third-order valence-electron chi connectivity index (χ3n) is 4.29. The van der Waals surface area contributed by atoms with Crippen molar-refractivity contribution in [3.8, 4) is 0 Å². The van der Waals surface area contributed by atoms with E-state index in [9.17, 15) is 0 Å². The molecule has 3 rings (SSSR count). The predicted molar refractivity (Wildman–Crippen MR) is 93.2 cm³/mol. The van der Waals surface area contributed by atoms with Crippen LogP contribution >= 0.6 is 0 Å². The van der Waals surface area contributed by atoms with E-state index in [1.165, 1.54) is 0 Å². The van der Waals surface area contributed by atoms with Crippen molar-refractivity contribution in [3.63, 3.8) is 0 Å². The van der Waals surface area contributed by atoms with Gasteiger partial charge >= 0.3 is 0 Å². The molecule has 2 atom stereocenters. The van der Waals surface area contributed by atoms with Gasteiger partial charge in [0, 0.05) is 44.4 Å². The van der Waals surface area contributed by atoms with Crippen LogP contribution in [-0.4, -0.2) is 61.3 Å². The van der Waals surface area contributed by atoms with Crippen molar-refractivity contribution in [2.45, 2.75) is 25.1 Å². The fourth-order valence-corrected chi connectivity index (χ4v) is 3.11. The number of methoxy groups -OCH3 is 1. The molecule has 0 aromatic carbocycles. The monoisotopic (exact) mass is 331 g/mol. The largest absolute Gasteiger partial charge is 0.472 e. The van der Waals surface area contributed by atoms with E-state index in [4.69, 9.17) is 9.15 Å². The number of furan rings is 1. The first-order valence-corrected chi connectivity index (χ1v) is 8.17. The molecule has 0 radical (unpaired) electrons. The Bertz CT molecular complexity index is 632. The van der Waals surface area contributed by atoms with Crippen LogP contribution < -0.4 is 10.2 Å². The number of rotatable bonds is 7. The molecule has 1 N–H and O–H groups in total. The van der Waals surface area contributed by atoms with Crippen molar-refractivity contribution in [1.29, 1.82) is 0 Å². The number of likely N-dealkylation sites (N-methyl/N-ethyl adjacent to an activating group) is 1. The minimum absolute atomic E-state index is 0.243. The van der Waals surface area contributed by atoms with E-state index >= 15 is 0 Å². The Hall–Kier alpha value is -2.12. The van der Waals surface area contributed by atoms with E-state index < -0.39 is 0 Å². The van der Waals surface area contributed by atoms with Gasteiger partial charge in [-0.1, -0.05) is 0 Å². The number of hydrogen-bond donors (Lipinski definition) is 1. The molecule has 1 aliphatic rings. The predicted octanol–water partition coefficient (Wildman–Crippen LogP) is 1.84. The van der Waals surface area contributed by atoms with Crippen LogP contribution in [0.15, 0.2) is 35.4 Å². The first kappa shape index (κ1) is 16.7. The molecule has 2 aromatic rings. The lowest BCUT2D eigenvalue weighted by atomic mass is 10.2. The summed E-state index contributed by atoms with van der Waals surface area (Å²) in [4.78, 5) is 13.3. The summed E-state index contributed by atoms with van der Waals surface area (Å²) in [5.74, 6) is 1.75. The first-order valence-electron chi connectivity index (χ1n) is 8.17. The number of anilines is 2. The maximum absolute atomic E-state index is 5.57. The van der Waals surface area contributed by atoms with Crippen LogP contribution in [0.1, 0.15) is 12.0 Å². The SMILES string of the molecule is CO[C@H]1C[C@@H](CN(C)C)N(c2cc(NCc3ccoc3)ncn2)C1. The zero-order valence-corrected chi connectivity index (χ0v) is 14.5. The summed E-state index contributed by atoms with van der Waals surface area (Å²) < 4.78 is 10.7. The maximum atomic E-state index is 5.57. The second-order valence-corrected chi connectivity index (χ2v) is 6.41. The number of nitrogens with zero attached hydrogens (tertiary/aromatic N) is 4. The molecule has 2 aromatic heterocycles. The summed E-state index contributed by atoms with van der Waals surface area (Å²) in [6.45, 7) is 2.50. The number of ether oxygens (including phenoxy) is 1. The lowest BCUT2D eigenvalue weighted by Crippen LogP contribution is -2.38. The summed E-state index contributed by atoms with van der Waals surface area (Å²) in [5.41, 5.74) is 1.08. The van der Waals surface area contributed by atoms with E-state index in [1.54, 1.807) is 26.0 Å². The fraction of sp³-hybridized carbons (Fsp3) is 0.529. The molecule has 130 valence electrons. The van der Waals surface area contributed by atoms with Crippen molar-refractivity contribution in [2.75, 3.05) is 44.5 Å². The molecule has 24 heavy (non-hydrogen) atoms. The van der Waals surface area contributed by atoms with Crippen LogP contribution in [0, 0.1) is 0 Å². The van der Waals surface area contributed by atoms with Gasteiger partial charge in [0.25, 0.3) is 0 Å². The molecule has 1 saturated heterocycles. The molecule has 0 spiro atoms. The molecular weight excluding hydrogens is 306 g/mol. The smallest absolute Gasteiger partial charge is 0.134 e. The van der Waals surface area contributed by atoms with Crippen LogP contribution in [0.4, 0.5) is 11.6 Å². The van der Waals surface area contributed by atoms with Gasteiger partial charge in [0.05, 0.1) is 18.6 Å². The molecule has 0 bridgehead atoms. The van der Waals surface area contributed by atoms with Crippen molar-refractivity contribution >= 4 is 11.6 Å². The van der Waals surface area contributed by atoms with Crippen molar-refractivity contribution in [2.24, 2.45) is 0 Å². The van der Waals surface area contributed by atoms with Gasteiger partial charge in [-0.3, -0.25) is 0 Å². The highest BCUT2D eigenvalue weighted by molar-refractivity contribution is 5.50. The minimum atomic E-state index is 0.243. The average Bonchev–Trinajstić information content (AvgIpc) is 3.22. The van der Waals surface area contributed by atoms with Crippen molar-refractivity contribution in [3.05, 3.63) is 36.5 Å². The third kappa shape index (κ3) is 4.04. The summed E-state index contributed by atoms with van der Waals surface area (Å²) in [5, 5.41) is 3.31. The molecule has 1 aliphatic heterocycles. The Morgan fingerprint density at radius 3 is 3.00 bits per heavy atom. The van der Waals surface area contributed by atoms with Crippen molar-refractivity contribution in [1.82, 2.24) is 14.9 Å². The lowest BCUT2D eigenvalue weighted by molar-refractivity contribution is 0.117. The van der Waals surface area contributed by atoms with Crippen LogP contribution in [0.2, 0.25) is 0 Å². The standard InChI is InChI=1S/C17H25N5O2/c1-21(2)9-14-6-15(23-3)10-22(14)17-7-16(19-12-20-17)18-8-13-4-5-24-11-13/h4-5,7,11-12,14-15H,6,8-10H2,1-3H3,(H,18,19,20)/t14-,15-/m0/s1. The third-order valence-corrected chi connectivity index (χ3v) is 4.29. The maximum Gasteiger partial charge on any atom is 0.134 e. The van der Waals surface area contributed by atoms with Gasteiger partial charge in [-0.15, -0.1) is 0 Å². The molecular formula is C17H25N5O2. The molecule has 1 fully saturated rings. The average molecular weight is 331 g/mol. The molecule has 0 amide bonds. The van der Waals surface area contributed by atoms with Crippen LogP contribution in [0.3, 0.4) is 0 Å². The Kier molecular flexibility index (Phi) is 5.32. The highest BCUT2D eigenvalue weighted by Gasteiger charge is 2.33. The van der Waals surface area contributed by atoms with Gasteiger partial charge < -0.3 is 24.3 Å². The van der Waals surface area contributed by atoms with Gasteiger partial charge in [-0.05, 0) is 26.6 Å². The number of aromatic nitrogens is 2. The van der Waals surface area contributed by atoms with Gasteiger partial charge in [0.2, 0.25) is 0 Å². The van der Waals surface area contributed by atoms with Gasteiger partial charge in [-0.25, -0.2) is 9.97 Å². The second-order valence-electron chi connectivity index (χ2n) is 6.41. The van der Waals surface area contributed by atoms with E-state index in [2.05, 4.69) is 39.2 Å². The van der Waals surface area contributed by atoms with E-state index in [-0.39, 0.29) is 6.10 Å².